The standard InChI is InChI=1S/C58H113N2O7P/c1-7-10-13-16-19-22-25-27-29-30-31-32-35-38-41-44-47-50-57(61)59-55(54-66-68(63,64)65-53-52-60(4,5)6)56(49-46-43-40-37-34-24-21-18-15-12-9-3)67-58(62)51-48-45-42-39-36-33-28-26-23-20-17-14-11-8-2/h27,29,46,49,55-56H,7-26,28,30-45,47-48,50-54H2,1-6H3,(H-,59,61,63,64)/b29-27+,49-46+. The molecule has 0 heterocycles. The number of unbranched alkanes of at least 4 members (excludes halogenated alkanes) is 35. The number of hydrogen-bond donors (Lipinski definition) is 1. The molecule has 1 amide bonds. The Labute approximate surface area is 422 Å². The number of carbonyl (C=O) groups is 2. The van der Waals surface area contributed by atoms with E-state index in [2.05, 4.69) is 38.2 Å². The Balaban J connectivity index is 5.28. The molecule has 0 bridgehead atoms. The summed E-state index contributed by atoms with van der Waals surface area (Å²) in [5.41, 5.74) is 0. The van der Waals surface area contributed by atoms with Gasteiger partial charge in [0.25, 0.3) is 7.82 Å². The smallest absolute Gasteiger partial charge is 0.306 e. The van der Waals surface area contributed by atoms with Gasteiger partial charge in [-0.25, -0.2) is 0 Å². The molecule has 3 atom stereocenters. The van der Waals surface area contributed by atoms with Crippen LogP contribution in [0.5, 0.6) is 0 Å². The first-order chi connectivity index (χ1) is 32.9. The van der Waals surface area contributed by atoms with Crippen LogP contribution in [0, 0.1) is 0 Å². The number of likely N-dealkylation sites (N-methyl/N-ethyl adjacent to an activating group) is 1. The highest BCUT2D eigenvalue weighted by Gasteiger charge is 2.27. The van der Waals surface area contributed by atoms with Crippen LogP contribution in [-0.2, 0) is 27.9 Å². The summed E-state index contributed by atoms with van der Waals surface area (Å²) in [6.07, 6.45) is 55.6. The molecule has 0 rings (SSSR count). The van der Waals surface area contributed by atoms with Crippen molar-refractivity contribution in [2.45, 2.75) is 296 Å². The Bertz CT molecular complexity index is 1220. The number of quaternary nitrogens is 1. The Morgan fingerprint density at radius 1 is 0.500 bits per heavy atom. The first kappa shape index (κ1) is 66.5. The maximum atomic E-state index is 13.5. The summed E-state index contributed by atoms with van der Waals surface area (Å²) in [5.74, 6) is -0.534. The second-order valence-electron chi connectivity index (χ2n) is 21.2. The molecule has 0 aliphatic heterocycles. The highest BCUT2D eigenvalue weighted by Crippen LogP contribution is 2.38. The van der Waals surface area contributed by atoms with Gasteiger partial charge in [-0.1, -0.05) is 238 Å². The average Bonchev–Trinajstić information content (AvgIpc) is 3.29. The highest BCUT2D eigenvalue weighted by atomic mass is 31.2. The van der Waals surface area contributed by atoms with Crippen LogP contribution in [0.4, 0.5) is 0 Å². The SMILES string of the molecule is CCCCCCCC/C=C/CCCCCCCCCC(=O)NC(COP(=O)([O-])OCC[N+](C)(C)C)C(/C=C/CCCCCCCCCCC)OC(=O)CCCCCCCCCCCCCCCC. The molecule has 68 heavy (non-hydrogen) atoms. The van der Waals surface area contributed by atoms with Crippen molar-refractivity contribution in [2.24, 2.45) is 0 Å². The number of esters is 1. The van der Waals surface area contributed by atoms with Crippen molar-refractivity contribution >= 4 is 19.7 Å². The molecule has 10 heteroatoms. The number of phosphoric ester groups is 1. The van der Waals surface area contributed by atoms with Gasteiger partial charge in [-0.2, -0.15) is 0 Å². The molecule has 0 aromatic rings. The van der Waals surface area contributed by atoms with Gasteiger partial charge >= 0.3 is 5.97 Å². The van der Waals surface area contributed by atoms with Crippen molar-refractivity contribution in [1.82, 2.24) is 5.32 Å². The lowest BCUT2D eigenvalue weighted by Crippen LogP contribution is -2.47. The fourth-order valence-corrected chi connectivity index (χ4v) is 9.30. The van der Waals surface area contributed by atoms with Crippen molar-refractivity contribution in [1.29, 1.82) is 0 Å². The third-order valence-electron chi connectivity index (χ3n) is 13.1. The first-order valence-corrected chi connectivity index (χ1v) is 30.6. The van der Waals surface area contributed by atoms with Crippen LogP contribution in [0.3, 0.4) is 0 Å². The third-order valence-corrected chi connectivity index (χ3v) is 14.1. The van der Waals surface area contributed by atoms with Gasteiger partial charge in [0, 0.05) is 12.8 Å². The van der Waals surface area contributed by atoms with Crippen molar-refractivity contribution in [2.75, 3.05) is 40.9 Å². The van der Waals surface area contributed by atoms with Gasteiger partial charge in [0.15, 0.2) is 0 Å². The minimum absolute atomic E-state index is 0.0199. The molecule has 0 spiro atoms. The highest BCUT2D eigenvalue weighted by molar-refractivity contribution is 7.45. The zero-order valence-corrected chi connectivity index (χ0v) is 46.7. The molecule has 1 N–H and O–H groups in total. The molecule has 0 aliphatic carbocycles. The summed E-state index contributed by atoms with van der Waals surface area (Å²) < 4.78 is 30.2. The van der Waals surface area contributed by atoms with Crippen LogP contribution in [0.15, 0.2) is 24.3 Å². The number of carbonyl (C=O) groups excluding carboxylic acids is 2. The zero-order chi connectivity index (χ0) is 50.1. The second kappa shape index (κ2) is 49.1. The van der Waals surface area contributed by atoms with Crippen LogP contribution in [0.1, 0.15) is 284 Å². The number of allylic oxidation sites excluding steroid dienone is 3. The van der Waals surface area contributed by atoms with E-state index in [-0.39, 0.29) is 31.5 Å². The van der Waals surface area contributed by atoms with Crippen LogP contribution < -0.4 is 10.2 Å². The summed E-state index contributed by atoms with van der Waals surface area (Å²) in [7, 11) is 1.19. The fraction of sp³-hybridized carbons (Fsp3) is 0.897. The van der Waals surface area contributed by atoms with Gasteiger partial charge in [-0.3, -0.25) is 14.2 Å². The first-order valence-electron chi connectivity index (χ1n) is 29.1. The summed E-state index contributed by atoms with van der Waals surface area (Å²) >= 11 is 0. The minimum Gasteiger partial charge on any atom is -0.756 e. The summed E-state index contributed by atoms with van der Waals surface area (Å²) in [5, 5.41) is 3.02. The van der Waals surface area contributed by atoms with E-state index in [0.717, 1.165) is 70.6 Å². The molecule has 0 aliphatic rings. The molecule has 0 saturated carbocycles. The quantitative estimate of drug-likeness (QED) is 0.0212. The third kappa shape index (κ3) is 49.5. The van der Waals surface area contributed by atoms with Gasteiger partial charge in [0.1, 0.15) is 19.3 Å². The summed E-state index contributed by atoms with van der Waals surface area (Å²) in [6, 6.07) is -0.883. The summed E-state index contributed by atoms with van der Waals surface area (Å²) in [6.45, 7) is 6.85. The number of amides is 1. The van der Waals surface area contributed by atoms with E-state index in [1.165, 1.54) is 180 Å². The van der Waals surface area contributed by atoms with Gasteiger partial charge in [0.2, 0.25) is 5.91 Å². The monoisotopic (exact) mass is 981 g/mol. The molecule has 0 saturated heterocycles. The molecule has 0 fully saturated rings. The predicted octanol–water partition coefficient (Wildman–Crippen LogP) is 16.8. The maximum absolute atomic E-state index is 13.5. The van der Waals surface area contributed by atoms with Gasteiger partial charge in [-0.15, -0.1) is 0 Å². The number of phosphoric acid groups is 1. The van der Waals surface area contributed by atoms with Gasteiger partial charge in [0.05, 0.1) is 33.8 Å². The van der Waals surface area contributed by atoms with Crippen LogP contribution in [0.25, 0.3) is 0 Å². The van der Waals surface area contributed by atoms with E-state index in [1.807, 2.05) is 33.3 Å². The predicted molar refractivity (Wildman–Crippen MR) is 289 cm³/mol. The van der Waals surface area contributed by atoms with Crippen LogP contribution >= 0.6 is 7.82 Å². The molecular weight excluding hydrogens is 868 g/mol. The van der Waals surface area contributed by atoms with Gasteiger partial charge < -0.3 is 28.5 Å². The zero-order valence-electron chi connectivity index (χ0n) is 45.8. The summed E-state index contributed by atoms with van der Waals surface area (Å²) in [4.78, 5) is 39.8. The van der Waals surface area contributed by atoms with Crippen molar-refractivity contribution in [3.63, 3.8) is 0 Å². The van der Waals surface area contributed by atoms with E-state index in [9.17, 15) is 19.0 Å². The molecule has 0 aromatic carbocycles. The van der Waals surface area contributed by atoms with E-state index < -0.39 is 20.0 Å². The fourth-order valence-electron chi connectivity index (χ4n) is 8.58. The lowest BCUT2D eigenvalue weighted by Gasteiger charge is -2.30. The number of ether oxygens (including phenoxy) is 1. The van der Waals surface area contributed by atoms with Gasteiger partial charge in [-0.05, 0) is 57.4 Å². The average molecular weight is 982 g/mol. The van der Waals surface area contributed by atoms with Crippen LogP contribution in [-0.4, -0.2) is 69.4 Å². The molecule has 3 unspecified atom stereocenters. The Kier molecular flexibility index (Phi) is 48.0. The Morgan fingerprint density at radius 3 is 1.25 bits per heavy atom. The minimum atomic E-state index is -4.69. The Morgan fingerprint density at radius 2 is 0.853 bits per heavy atom. The number of rotatable bonds is 53. The number of nitrogens with one attached hydrogen (secondary N) is 1. The van der Waals surface area contributed by atoms with Crippen molar-refractivity contribution in [3.05, 3.63) is 24.3 Å². The lowest BCUT2D eigenvalue weighted by molar-refractivity contribution is -0.870. The molecule has 9 nitrogen and oxygen atoms in total. The lowest BCUT2D eigenvalue weighted by atomic mass is 10.0. The van der Waals surface area contributed by atoms with E-state index in [4.69, 9.17) is 13.8 Å². The van der Waals surface area contributed by atoms with Crippen molar-refractivity contribution in [3.8, 4) is 0 Å². The van der Waals surface area contributed by atoms with E-state index >= 15 is 0 Å². The van der Waals surface area contributed by atoms with E-state index in [0.29, 0.717) is 17.4 Å². The molecule has 0 radical (unpaired) electrons. The number of hydrogen-bond acceptors (Lipinski definition) is 7. The molecule has 0 aromatic heterocycles. The van der Waals surface area contributed by atoms with Crippen LogP contribution in [0.2, 0.25) is 0 Å². The molecule has 402 valence electrons. The molecular formula is C58H113N2O7P. The Hall–Kier alpha value is -1.51. The normalized spacial score (nSPS) is 13.9. The van der Waals surface area contributed by atoms with E-state index in [1.54, 1.807) is 0 Å². The topological polar surface area (TPSA) is 114 Å². The maximum Gasteiger partial charge on any atom is 0.306 e. The van der Waals surface area contributed by atoms with Crippen molar-refractivity contribution < 1.29 is 37.3 Å². The number of nitrogens with zero attached hydrogens (tertiary/aromatic N) is 1. The largest absolute Gasteiger partial charge is 0.756 e. The second-order valence-corrected chi connectivity index (χ2v) is 22.6.